The lowest BCUT2D eigenvalue weighted by Gasteiger charge is -2.37. The third kappa shape index (κ3) is 2.83. The largest absolute Gasteiger partial charge is 0.364 e. The second kappa shape index (κ2) is 5.92. The number of sulfone groups is 1. The lowest BCUT2D eigenvalue weighted by atomic mass is 9.93. The molecule has 0 N–H and O–H groups in total. The molecule has 23 heavy (non-hydrogen) atoms. The van der Waals surface area contributed by atoms with Crippen molar-refractivity contribution in [3.63, 3.8) is 0 Å². The summed E-state index contributed by atoms with van der Waals surface area (Å²) in [7, 11) is -4.54. The summed E-state index contributed by atoms with van der Waals surface area (Å²) in [6.07, 6.45) is 0.900. The molecule has 6 heteroatoms. The van der Waals surface area contributed by atoms with Crippen molar-refractivity contribution in [3.05, 3.63) is 59.7 Å². The molecule has 0 fully saturated rings. The van der Waals surface area contributed by atoms with E-state index in [0.29, 0.717) is 0 Å². The van der Waals surface area contributed by atoms with Gasteiger partial charge in [-0.1, -0.05) is 24.3 Å². The van der Waals surface area contributed by atoms with Crippen LogP contribution >= 0.6 is 0 Å². The summed E-state index contributed by atoms with van der Waals surface area (Å²) < 4.78 is 48.1. The fourth-order valence-corrected chi connectivity index (χ4v) is 3.78. The average Bonchev–Trinajstić information content (AvgIpc) is 2.55. The van der Waals surface area contributed by atoms with Gasteiger partial charge in [-0.25, -0.2) is 8.42 Å². The quantitative estimate of drug-likeness (QED) is 0.855. The van der Waals surface area contributed by atoms with Gasteiger partial charge in [-0.15, -0.1) is 0 Å². The maximum Gasteiger partial charge on any atom is 0.341 e. The molecule has 1 atom stereocenters. The predicted molar refractivity (Wildman–Crippen MR) is 85.5 cm³/mol. The van der Waals surface area contributed by atoms with E-state index in [4.69, 9.17) is 0 Å². The first-order valence-electron chi connectivity index (χ1n) is 7.38. The van der Waals surface area contributed by atoms with Crippen molar-refractivity contribution >= 4 is 15.5 Å². The number of halogens is 2. The van der Waals surface area contributed by atoms with Crippen molar-refractivity contribution in [2.24, 2.45) is 0 Å². The number of hydrogen-bond acceptors (Lipinski definition) is 3. The smallest absolute Gasteiger partial charge is 0.341 e. The molecule has 0 bridgehead atoms. The zero-order valence-electron chi connectivity index (χ0n) is 12.6. The highest BCUT2D eigenvalue weighted by molar-refractivity contribution is 7.91. The summed E-state index contributed by atoms with van der Waals surface area (Å²) in [5.74, 6) is -3.39. The van der Waals surface area contributed by atoms with Gasteiger partial charge in [0.05, 0.1) is 10.9 Å². The van der Waals surface area contributed by atoms with Crippen LogP contribution in [0.2, 0.25) is 0 Å². The van der Waals surface area contributed by atoms with Gasteiger partial charge in [-0.05, 0) is 48.7 Å². The topological polar surface area (TPSA) is 37.4 Å². The van der Waals surface area contributed by atoms with Gasteiger partial charge in [0, 0.05) is 12.2 Å². The Labute approximate surface area is 134 Å². The van der Waals surface area contributed by atoms with E-state index in [0.717, 1.165) is 18.7 Å². The van der Waals surface area contributed by atoms with Crippen molar-refractivity contribution < 1.29 is 17.2 Å². The molecule has 1 heterocycles. The van der Waals surface area contributed by atoms with Gasteiger partial charge in [0.15, 0.2) is 0 Å². The number of alkyl halides is 2. The number of hydrogen-bond donors (Lipinski definition) is 0. The summed E-state index contributed by atoms with van der Waals surface area (Å²) in [6.45, 7) is 2.89. The molecule has 2 aromatic carbocycles. The molecule has 1 aliphatic heterocycles. The molecule has 122 valence electrons. The highest BCUT2D eigenvalue weighted by Gasteiger charge is 2.27. The van der Waals surface area contributed by atoms with Gasteiger partial charge in [-0.3, -0.25) is 0 Å². The van der Waals surface area contributed by atoms with E-state index in [-0.39, 0.29) is 10.9 Å². The van der Waals surface area contributed by atoms with Gasteiger partial charge < -0.3 is 4.90 Å². The van der Waals surface area contributed by atoms with Crippen molar-refractivity contribution in [1.82, 2.24) is 0 Å². The molecule has 0 saturated heterocycles. The van der Waals surface area contributed by atoms with Crippen LogP contribution in [0.5, 0.6) is 0 Å². The minimum atomic E-state index is -4.54. The van der Waals surface area contributed by atoms with Crippen LogP contribution in [0.3, 0.4) is 0 Å². The first-order valence-corrected chi connectivity index (χ1v) is 8.92. The van der Waals surface area contributed by atoms with Crippen LogP contribution in [0.15, 0.2) is 53.4 Å². The summed E-state index contributed by atoms with van der Waals surface area (Å²) in [4.78, 5) is 1.81. The number of fused-ring (bicyclic) bond motifs is 1. The Bertz CT molecular complexity index is 804. The van der Waals surface area contributed by atoms with Crippen LogP contribution < -0.4 is 4.90 Å². The minimum Gasteiger partial charge on any atom is -0.364 e. The molecule has 1 aliphatic rings. The van der Waals surface area contributed by atoms with Crippen molar-refractivity contribution in [3.8, 4) is 0 Å². The highest BCUT2D eigenvalue weighted by atomic mass is 32.2. The summed E-state index contributed by atoms with van der Waals surface area (Å²) in [5.41, 5.74) is 3.39. The van der Waals surface area contributed by atoms with Gasteiger partial charge >= 0.3 is 5.76 Å². The molecule has 0 aromatic heterocycles. The fourth-order valence-electron chi connectivity index (χ4n) is 3.05. The van der Waals surface area contributed by atoms with E-state index in [9.17, 15) is 17.2 Å². The monoisotopic (exact) mass is 337 g/mol. The van der Waals surface area contributed by atoms with E-state index in [1.807, 2.05) is 12.1 Å². The van der Waals surface area contributed by atoms with E-state index in [1.54, 1.807) is 12.1 Å². The van der Waals surface area contributed by atoms with Crippen LogP contribution in [0.4, 0.5) is 14.5 Å². The second-order valence-electron chi connectivity index (χ2n) is 5.62. The molecule has 1 unspecified atom stereocenters. The van der Waals surface area contributed by atoms with Gasteiger partial charge in [0.2, 0.25) is 9.84 Å². The van der Waals surface area contributed by atoms with Crippen molar-refractivity contribution in [1.29, 1.82) is 0 Å². The van der Waals surface area contributed by atoms with E-state index in [2.05, 4.69) is 24.0 Å². The van der Waals surface area contributed by atoms with Crippen LogP contribution in [-0.4, -0.2) is 20.7 Å². The molecule has 2 aromatic rings. The zero-order valence-corrected chi connectivity index (χ0v) is 13.4. The summed E-state index contributed by atoms with van der Waals surface area (Å²) >= 11 is 0. The Hall–Kier alpha value is -1.95. The molecule has 0 saturated carbocycles. The Kier molecular flexibility index (Phi) is 4.10. The highest BCUT2D eigenvalue weighted by Crippen LogP contribution is 2.33. The van der Waals surface area contributed by atoms with E-state index < -0.39 is 15.6 Å². The van der Waals surface area contributed by atoms with Crippen molar-refractivity contribution in [2.75, 3.05) is 11.4 Å². The number of benzene rings is 2. The summed E-state index contributed by atoms with van der Waals surface area (Å²) in [5, 5.41) is 0. The Morgan fingerprint density at radius 3 is 2.39 bits per heavy atom. The van der Waals surface area contributed by atoms with Crippen LogP contribution in [0.1, 0.15) is 24.1 Å². The van der Waals surface area contributed by atoms with Crippen molar-refractivity contribution in [2.45, 2.75) is 30.0 Å². The third-order valence-electron chi connectivity index (χ3n) is 4.33. The lowest BCUT2D eigenvalue weighted by Crippen LogP contribution is -2.33. The van der Waals surface area contributed by atoms with Gasteiger partial charge in [-0.2, -0.15) is 8.78 Å². The first kappa shape index (κ1) is 15.9. The Balaban J connectivity index is 1.89. The SMILES string of the molecule is CC1c2ccccc2CCN1c1ccc(S(=O)(=O)C(F)F)cc1. The molecule has 0 aliphatic carbocycles. The van der Waals surface area contributed by atoms with Gasteiger partial charge in [0.1, 0.15) is 0 Å². The maximum absolute atomic E-state index is 12.6. The van der Waals surface area contributed by atoms with Gasteiger partial charge in [0.25, 0.3) is 0 Å². The normalized spacial score (nSPS) is 18.1. The summed E-state index contributed by atoms with van der Waals surface area (Å²) in [6, 6.07) is 14.1. The molecule has 0 spiro atoms. The molecular formula is C17H17F2NO2S. The molecule has 3 rings (SSSR count). The second-order valence-corrected chi connectivity index (χ2v) is 7.54. The van der Waals surface area contributed by atoms with Crippen LogP contribution in [0.25, 0.3) is 0 Å². The van der Waals surface area contributed by atoms with E-state index in [1.165, 1.54) is 23.3 Å². The lowest BCUT2D eigenvalue weighted by molar-refractivity contribution is 0.234. The Morgan fingerprint density at radius 2 is 1.74 bits per heavy atom. The molecule has 3 nitrogen and oxygen atoms in total. The molecule has 0 amide bonds. The number of rotatable bonds is 3. The first-order chi connectivity index (χ1) is 10.9. The van der Waals surface area contributed by atoms with E-state index >= 15 is 0 Å². The minimum absolute atomic E-state index is 0.150. The maximum atomic E-state index is 12.6. The molecule has 0 radical (unpaired) electrons. The van der Waals surface area contributed by atoms with Crippen LogP contribution in [0, 0.1) is 0 Å². The third-order valence-corrected chi connectivity index (χ3v) is 5.72. The molecular weight excluding hydrogens is 320 g/mol. The number of nitrogens with zero attached hydrogens (tertiary/aromatic N) is 1. The average molecular weight is 337 g/mol. The predicted octanol–water partition coefficient (Wildman–Crippen LogP) is 3.81. The zero-order chi connectivity index (χ0) is 16.6. The number of anilines is 1. The standard InChI is InChI=1S/C17H17F2NO2S/c1-12-16-5-3-2-4-13(16)10-11-20(12)14-6-8-15(9-7-14)23(21,22)17(18)19/h2-9,12,17H,10-11H2,1H3. The Morgan fingerprint density at radius 1 is 1.09 bits per heavy atom. The van der Waals surface area contributed by atoms with Crippen LogP contribution in [-0.2, 0) is 16.3 Å². The fraction of sp³-hybridized carbons (Fsp3) is 0.294.